The summed E-state index contributed by atoms with van der Waals surface area (Å²) >= 11 is 9.44. The number of carbonyl (C=O) groups excluding carboxylic acids is 1. The van der Waals surface area contributed by atoms with Crippen LogP contribution >= 0.6 is 27.5 Å². The lowest BCUT2D eigenvalue weighted by molar-refractivity contribution is -0.114. The number of aryl methyl sites for hydroxylation is 1. The number of hydrogen-bond acceptors (Lipinski definition) is 5. The highest BCUT2D eigenvalue weighted by atomic mass is 79.9. The molecule has 4 rings (SSSR count). The summed E-state index contributed by atoms with van der Waals surface area (Å²) in [5, 5.41) is 3.08. The number of carbonyl (C=O) groups is 1. The van der Waals surface area contributed by atoms with Crippen LogP contribution < -0.4 is 14.3 Å². The third kappa shape index (κ3) is 6.84. The number of nitrogens with one attached hydrogen (secondary N) is 2. The number of amides is 1. The van der Waals surface area contributed by atoms with Crippen LogP contribution in [-0.2, 0) is 24.8 Å². The minimum Gasteiger partial charge on any atom is -0.325 e. The smallest absolute Gasteiger partial charge is 0.264 e. The summed E-state index contributed by atoms with van der Waals surface area (Å²) in [6.07, 6.45) is 0. The molecule has 0 aliphatic heterocycles. The third-order valence-corrected chi connectivity index (χ3v) is 10.0. The molecule has 0 aromatic heterocycles. The molecule has 0 fully saturated rings. The second-order valence-electron chi connectivity index (χ2n) is 8.90. The van der Waals surface area contributed by atoms with Crippen molar-refractivity contribution in [3.05, 3.63) is 112 Å². The molecule has 0 saturated carbocycles. The molecule has 1 amide bonds. The molecule has 4 aromatic carbocycles. The zero-order valence-corrected chi connectivity index (χ0v) is 25.4. The predicted octanol–water partition coefficient (Wildman–Crippen LogP) is 6.35. The summed E-state index contributed by atoms with van der Waals surface area (Å²) in [5.41, 5.74) is 2.44. The topological polar surface area (TPSA) is 113 Å². The molecule has 0 heterocycles. The average molecular weight is 663 g/mol. The number of anilines is 3. The van der Waals surface area contributed by atoms with Crippen LogP contribution in [0.3, 0.4) is 0 Å². The lowest BCUT2D eigenvalue weighted by atomic mass is 10.2. The molecule has 0 aliphatic rings. The van der Waals surface area contributed by atoms with Crippen molar-refractivity contribution in [2.24, 2.45) is 0 Å². The molecular weight excluding hydrogens is 638 g/mol. The van der Waals surface area contributed by atoms with Gasteiger partial charge in [-0.25, -0.2) is 16.8 Å². The van der Waals surface area contributed by atoms with Crippen LogP contribution in [0, 0.1) is 13.8 Å². The van der Waals surface area contributed by atoms with Gasteiger partial charge in [0, 0.05) is 15.2 Å². The van der Waals surface area contributed by atoms with Gasteiger partial charge in [0.15, 0.2) is 0 Å². The Hall–Kier alpha value is -3.38. The van der Waals surface area contributed by atoms with Crippen molar-refractivity contribution < 1.29 is 21.6 Å². The SMILES string of the molecule is Cc1ccc(S(=O)(=O)N(CC(=O)Nc2ccc(S(=O)(=O)Nc3cccc(Cl)c3C)cc2)c2cccc(Br)c2)cc1. The van der Waals surface area contributed by atoms with Crippen LogP contribution in [0.1, 0.15) is 11.1 Å². The molecule has 2 N–H and O–H groups in total. The second-order valence-corrected chi connectivity index (χ2v) is 13.8. The van der Waals surface area contributed by atoms with E-state index in [9.17, 15) is 21.6 Å². The van der Waals surface area contributed by atoms with Crippen molar-refractivity contribution >= 4 is 70.5 Å². The maximum Gasteiger partial charge on any atom is 0.264 e. The Kier molecular flexibility index (Phi) is 8.89. The van der Waals surface area contributed by atoms with E-state index in [1.807, 2.05) is 6.92 Å². The van der Waals surface area contributed by atoms with Gasteiger partial charge in [0.25, 0.3) is 20.0 Å². The minimum absolute atomic E-state index is 0.0254. The summed E-state index contributed by atoms with van der Waals surface area (Å²) in [4.78, 5) is 13.1. The number of benzene rings is 4. The first kappa shape index (κ1) is 29.6. The summed E-state index contributed by atoms with van der Waals surface area (Å²) in [7, 11) is -8.01. The Bertz CT molecular complexity index is 1760. The zero-order chi connectivity index (χ0) is 29.1. The van der Waals surface area contributed by atoms with Crippen molar-refractivity contribution in [3.63, 3.8) is 0 Å². The van der Waals surface area contributed by atoms with Gasteiger partial charge < -0.3 is 5.32 Å². The molecular formula is C28H25BrClN3O5S2. The Balaban J connectivity index is 1.54. The van der Waals surface area contributed by atoms with Crippen molar-refractivity contribution in [1.82, 2.24) is 0 Å². The lowest BCUT2D eigenvalue weighted by Gasteiger charge is -2.24. The van der Waals surface area contributed by atoms with Gasteiger partial charge in [-0.2, -0.15) is 0 Å². The fraction of sp³-hybridized carbons (Fsp3) is 0.107. The van der Waals surface area contributed by atoms with Gasteiger partial charge in [0.05, 0.1) is 21.2 Å². The van der Waals surface area contributed by atoms with E-state index in [1.165, 1.54) is 36.4 Å². The van der Waals surface area contributed by atoms with Crippen LogP contribution in [0.2, 0.25) is 5.02 Å². The predicted molar refractivity (Wildman–Crippen MR) is 162 cm³/mol. The minimum atomic E-state index is -4.08. The monoisotopic (exact) mass is 661 g/mol. The first-order valence-corrected chi connectivity index (χ1v) is 16.0. The Morgan fingerprint density at radius 3 is 2.12 bits per heavy atom. The van der Waals surface area contributed by atoms with Gasteiger partial charge in [-0.1, -0.05) is 57.4 Å². The van der Waals surface area contributed by atoms with E-state index in [4.69, 9.17) is 11.6 Å². The summed E-state index contributed by atoms with van der Waals surface area (Å²) in [6, 6.07) is 23.4. The van der Waals surface area contributed by atoms with Crippen LogP contribution in [0.25, 0.3) is 0 Å². The van der Waals surface area contributed by atoms with Gasteiger partial charge in [-0.15, -0.1) is 0 Å². The number of hydrogen-bond donors (Lipinski definition) is 2. The molecule has 0 spiro atoms. The van der Waals surface area contributed by atoms with Gasteiger partial charge in [0.2, 0.25) is 5.91 Å². The van der Waals surface area contributed by atoms with Crippen molar-refractivity contribution in [3.8, 4) is 0 Å². The standard InChI is InChI=1S/C28H25BrClN3O5S2/c1-19-9-13-25(14-10-19)40(37,38)33(23-6-3-5-21(29)17-23)18-28(34)31-22-11-15-24(16-12-22)39(35,36)32-27-8-4-7-26(30)20(27)2/h3-17,32H,18H2,1-2H3,(H,31,34). The van der Waals surface area contributed by atoms with Crippen molar-refractivity contribution in [2.45, 2.75) is 23.6 Å². The van der Waals surface area contributed by atoms with Crippen molar-refractivity contribution in [2.75, 3.05) is 20.9 Å². The molecule has 0 saturated heterocycles. The fourth-order valence-corrected chi connectivity index (χ4v) is 6.85. The molecule has 208 valence electrons. The second kappa shape index (κ2) is 12.0. The molecule has 8 nitrogen and oxygen atoms in total. The largest absolute Gasteiger partial charge is 0.325 e. The molecule has 12 heteroatoms. The van der Waals surface area contributed by atoms with E-state index in [1.54, 1.807) is 61.5 Å². The highest BCUT2D eigenvalue weighted by Gasteiger charge is 2.27. The first-order chi connectivity index (χ1) is 18.9. The molecule has 40 heavy (non-hydrogen) atoms. The van der Waals surface area contributed by atoms with Gasteiger partial charge in [0.1, 0.15) is 6.54 Å². The number of halogens is 2. The first-order valence-electron chi connectivity index (χ1n) is 11.9. The highest BCUT2D eigenvalue weighted by molar-refractivity contribution is 9.10. The Labute approximate surface area is 247 Å². The van der Waals surface area contributed by atoms with Crippen LogP contribution in [0.5, 0.6) is 0 Å². The van der Waals surface area contributed by atoms with E-state index in [2.05, 4.69) is 26.0 Å². The molecule has 0 aliphatic carbocycles. The molecule has 0 bridgehead atoms. The molecule has 0 radical (unpaired) electrons. The van der Waals surface area contributed by atoms with E-state index in [-0.39, 0.29) is 9.79 Å². The normalized spacial score (nSPS) is 11.6. The van der Waals surface area contributed by atoms with Gasteiger partial charge >= 0.3 is 0 Å². The van der Waals surface area contributed by atoms with Crippen LogP contribution in [-0.4, -0.2) is 29.3 Å². The molecule has 0 unspecified atom stereocenters. The number of rotatable bonds is 9. The highest BCUT2D eigenvalue weighted by Crippen LogP contribution is 2.28. The van der Waals surface area contributed by atoms with Crippen LogP contribution in [0.4, 0.5) is 17.1 Å². The van der Waals surface area contributed by atoms with Crippen molar-refractivity contribution in [1.29, 1.82) is 0 Å². The van der Waals surface area contributed by atoms with E-state index in [0.717, 1.165) is 9.87 Å². The van der Waals surface area contributed by atoms with Gasteiger partial charge in [-0.05, 0) is 86.1 Å². The molecule has 4 aromatic rings. The Morgan fingerprint density at radius 1 is 0.850 bits per heavy atom. The third-order valence-electron chi connectivity index (χ3n) is 5.95. The lowest BCUT2D eigenvalue weighted by Crippen LogP contribution is -2.38. The number of nitrogens with zero attached hydrogens (tertiary/aromatic N) is 1. The summed E-state index contributed by atoms with van der Waals surface area (Å²) < 4.78 is 57.0. The van der Waals surface area contributed by atoms with E-state index < -0.39 is 32.5 Å². The molecule has 0 atom stereocenters. The maximum atomic E-state index is 13.5. The summed E-state index contributed by atoms with van der Waals surface area (Å²) in [6.45, 7) is 3.04. The Morgan fingerprint density at radius 2 is 1.48 bits per heavy atom. The zero-order valence-electron chi connectivity index (χ0n) is 21.4. The van der Waals surface area contributed by atoms with E-state index >= 15 is 0 Å². The quantitative estimate of drug-likeness (QED) is 0.217. The average Bonchev–Trinajstić information content (AvgIpc) is 2.90. The van der Waals surface area contributed by atoms with Gasteiger partial charge in [-0.3, -0.25) is 13.8 Å². The number of sulfonamides is 2. The van der Waals surface area contributed by atoms with E-state index in [0.29, 0.717) is 32.1 Å². The maximum absolute atomic E-state index is 13.5. The fourth-order valence-electron chi connectivity index (χ4n) is 3.75. The van der Waals surface area contributed by atoms with Crippen LogP contribution in [0.15, 0.2) is 105 Å². The summed E-state index contributed by atoms with van der Waals surface area (Å²) in [5.74, 6) is -0.612.